The number of benzene rings is 1. The van der Waals surface area contributed by atoms with Crippen LogP contribution in [0.1, 0.15) is 29.6 Å². The van der Waals surface area contributed by atoms with Gasteiger partial charge in [-0.2, -0.15) is 8.78 Å². The third-order valence-corrected chi connectivity index (χ3v) is 2.88. The maximum atomic E-state index is 12.3. The zero-order chi connectivity index (χ0) is 15.0. The Morgan fingerprint density at radius 3 is 2.65 bits per heavy atom. The predicted molar refractivity (Wildman–Crippen MR) is 72.9 cm³/mol. The molecule has 20 heavy (non-hydrogen) atoms. The molecule has 1 aromatic rings. The van der Waals surface area contributed by atoms with Crippen LogP contribution in [0.3, 0.4) is 0 Å². The number of carbonyl (C=O) groups excluding carboxylic acids is 1. The zero-order valence-electron chi connectivity index (χ0n) is 11.5. The molecule has 0 unspecified atom stereocenters. The van der Waals surface area contributed by atoms with Crippen molar-refractivity contribution in [3.63, 3.8) is 0 Å². The van der Waals surface area contributed by atoms with Crippen molar-refractivity contribution in [2.45, 2.75) is 25.9 Å². The zero-order valence-corrected chi connectivity index (χ0v) is 11.5. The van der Waals surface area contributed by atoms with Crippen molar-refractivity contribution >= 4 is 5.91 Å². The smallest absolute Gasteiger partial charge is 0.387 e. The van der Waals surface area contributed by atoms with Gasteiger partial charge in [0.1, 0.15) is 5.75 Å². The SMILES string of the molecule is CN(CCCCCN)C(=O)c1ccccc1OC(F)F. The minimum Gasteiger partial charge on any atom is -0.434 e. The molecule has 0 aliphatic heterocycles. The van der Waals surface area contributed by atoms with Crippen LogP contribution in [0.15, 0.2) is 24.3 Å². The van der Waals surface area contributed by atoms with Gasteiger partial charge in [0.15, 0.2) is 0 Å². The highest BCUT2D eigenvalue weighted by atomic mass is 19.3. The van der Waals surface area contributed by atoms with Crippen LogP contribution in [0.25, 0.3) is 0 Å². The van der Waals surface area contributed by atoms with Crippen molar-refractivity contribution in [3.8, 4) is 5.75 Å². The lowest BCUT2D eigenvalue weighted by Gasteiger charge is -2.19. The molecule has 0 fully saturated rings. The highest BCUT2D eigenvalue weighted by molar-refractivity contribution is 5.96. The van der Waals surface area contributed by atoms with Gasteiger partial charge in [-0.1, -0.05) is 18.6 Å². The topological polar surface area (TPSA) is 55.6 Å². The first kappa shape index (κ1) is 16.4. The first-order valence-corrected chi connectivity index (χ1v) is 6.55. The second-order valence-electron chi connectivity index (χ2n) is 4.45. The van der Waals surface area contributed by atoms with Crippen LogP contribution in [-0.4, -0.2) is 37.6 Å². The Kier molecular flexibility index (Phi) is 6.93. The van der Waals surface area contributed by atoms with Crippen molar-refractivity contribution < 1.29 is 18.3 Å². The minimum atomic E-state index is -2.95. The molecule has 6 heteroatoms. The molecular weight excluding hydrogens is 266 g/mol. The Bertz CT molecular complexity index is 427. The summed E-state index contributed by atoms with van der Waals surface area (Å²) in [5, 5.41) is 0. The van der Waals surface area contributed by atoms with E-state index in [1.807, 2.05) is 0 Å². The molecule has 0 saturated heterocycles. The third kappa shape index (κ3) is 5.13. The van der Waals surface area contributed by atoms with E-state index < -0.39 is 6.61 Å². The van der Waals surface area contributed by atoms with Gasteiger partial charge in [-0.3, -0.25) is 4.79 Å². The monoisotopic (exact) mass is 286 g/mol. The fourth-order valence-corrected chi connectivity index (χ4v) is 1.82. The molecule has 0 spiro atoms. The number of unbranched alkanes of at least 4 members (excludes halogenated alkanes) is 2. The highest BCUT2D eigenvalue weighted by Crippen LogP contribution is 2.21. The van der Waals surface area contributed by atoms with E-state index >= 15 is 0 Å². The van der Waals surface area contributed by atoms with Gasteiger partial charge in [-0.25, -0.2) is 0 Å². The molecule has 0 aliphatic rings. The van der Waals surface area contributed by atoms with Gasteiger partial charge in [0, 0.05) is 13.6 Å². The highest BCUT2D eigenvalue weighted by Gasteiger charge is 2.18. The molecule has 2 N–H and O–H groups in total. The number of alkyl halides is 2. The number of nitrogens with two attached hydrogens (primary N) is 1. The van der Waals surface area contributed by atoms with Gasteiger partial charge in [0.2, 0.25) is 0 Å². The molecule has 0 aromatic heterocycles. The van der Waals surface area contributed by atoms with Crippen LogP contribution in [0.2, 0.25) is 0 Å². The summed E-state index contributed by atoms with van der Waals surface area (Å²) in [7, 11) is 1.64. The van der Waals surface area contributed by atoms with Crippen LogP contribution in [0.4, 0.5) is 8.78 Å². The maximum Gasteiger partial charge on any atom is 0.387 e. The molecule has 0 saturated carbocycles. The molecule has 1 amide bonds. The van der Waals surface area contributed by atoms with Gasteiger partial charge in [-0.15, -0.1) is 0 Å². The fraction of sp³-hybridized carbons (Fsp3) is 0.500. The molecule has 4 nitrogen and oxygen atoms in total. The summed E-state index contributed by atoms with van der Waals surface area (Å²) in [6.07, 6.45) is 2.67. The number of hydrogen-bond donors (Lipinski definition) is 1. The van der Waals surface area contributed by atoms with Crippen molar-refractivity contribution in [1.29, 1.82) is 0 Å². The van der Waals surface area contributed by atoms with Crippen molar-refractivity contribution in [3.05, 3.63) is 29.8 Å². The molecule has 1 rings (SSSR count). The maximum absolute atomic E-state index is 12.3. The molecular formula is C14H20F2N2O2. The van der Waals surface area contributed by atoms with Crippen LogP contribution < -0.4 is 10.5 Å². The number of nitrogens with zero attached hydrogens (tertiary/aromatic N) is 1. The van der Waals surface area contributed by atoms with Crippen LogP contribution >= 0.6 is 0 Å². The van der Waals surface area contributed by atoms with E-state index in [0.29, 0.717) is 13.1 Å². The third-order valence-electron chi connectivity index (χ3n) is 2.88. The minimum absolute atomic E-state index is 0.0960. The van der Waals surface area contributed by atoms with Crippen molar-refractivity contribution in [2.24, 2.45) is 5.73 Å². The van der Waals surface area contributed by atoms with Gasteiger partial charge < -0.3 is 15.4 Å². The van der Waals surface area contributed by atoms with E-state index in [0.717, 1.165) is 19.3 Å². The quantitative estimate of drug-likeness (QED) is 0.747. The second-order valence-corrected chi connectivity index (χ2v) is 4.45. The fourth-order valence-electron chi connectivity index (χ4n) is 1.82. The average Bonchev–Trinajstić information content (AvgIpc) is 2.42. The van der Waals surface area contributed by atoms with Gasteiger partial charge in [0.25, 0.3) is 5.91 Å². The van der Waals surface area contributed by atoms with Crippen molar-refractivity contribution in [1.82, 2.24) is 4.90 Å². The predicted octanol–water partition coefficient (Wildman–Crippen LogP) is 2.49. The standard InChI is InChI=1S/C14H20F2N2O2/c1-18(10-6-2-5-9-17)13(19)11-7-3-4-8-12(11)20-14(15)16/h3-4,7-8,14H,2,5-6,9-10,17H2,1H3. The second kappa shape index (κ2) is 8.47. The van der Waals surface area contributed by atoms with E-state index in [1.165, 1.54) is 17.0 Å². The van der Waals surface area contributed by atoms with E-state index in [9.17, 15) is 13.6 Å². The summed E-state index contributed by atoms with van der Waals surface area (Å²) in [6, 6.07) is 6.02. The van der Waals surface area contributed by atoms with Crippen LogP contribution in [-0.2, 0) is 0 Å². The number of amides is 1. The van der Waals surface area contributed by atoms with Gasteiger partial charge in [0.05, 0.1) is 5.56 Å². The number of hydrogen-bond acceptors (Lipinski definition) is 3. The largest absolute Gasteiger partial charge is 0.434 e. The van der Waals surface area contributed by atoms with E-state index in [2.05, 4.69) is 4.74 Å². The summed E-state index contributed by atoms with van der Waals surface area (Å²) >= 11 is 0. The molecule has 1 aromatic carbocycles. The Morgan fingerprint density at radius 2 is 2.00 bits per heavy atom. The Balaban J connectivity index is 2.66. The lowest BCUT2D eigenvalue weighted by atomic mass is 10.1. The Morgan fingerprint density at radius 1 is 1.30 bits per heavy atom. The summed E-state index contributed by atoms with van der Waals surface area (Å²) < 4.78 is 28.9. The van der Waals surface area contributed by atoms with Gasteiger partial charge >= 0.3 is 6.61 Å². The number of carbonyl (C=O) groups is 1. The first-order chi connectivity index (χ1) is 9.56. The molecule has 0 radical (unpaired) electrons. The Hall–Kier alpha value is -1.69. The van der Waals surface area contributed by atoms with Gasteiger partial charge in [-0.05, 0) is 31.5 Å². The normalized spacial score (nSPS) is 10.7. The number of ether oxygens (including phenoxy) is 1. The molecule has 0 bridgehead atoms. The van der Waals surface area contributed by atoms with E-state index in [4.69, 9.17) is 5.73 Å². The lowest BCUT2D eigenvalue weighted by molar-refractivity contribution is -0.0502. The number of halogens is 2. The first-order valence-electron chi connectivity index (χ1n) is 6.55. The van der Waals surface area contributed by atoms with Crippen LogP contribution in [0, 0.1) is 0 Å². The lowest BCUT2D eigenvalue weighted by Crippen LogP contribution is -2.28. The number of para-hydroxylation sites is 1. The molecule has 112 valence electrons. The Labute approximate surface area is 117 Å². The molecule has 0 atom stereocenters. The molecule has 0 heterocycles. The molecule has 0 aliphatic carbocycles. The summed E-state index contributed by atoms with van der Waals surface area (Å²) in [5.74, 6) is -0.421. The summed E-state index contributed by atoms with van der Waals surface area (Å²) in [5.41, 5.74) is 5.54. The summed E-state index contributed by atoms with van der Waals surface area (Å²) in [4.78, 5) is 13.7. The van der Waals surface area contributed by atoms with E-state index in [-0.39, 0.29) is 17.2 Å². The van der Waals surface area contributed by atoms with Crippen LogP contribution in [0.5, 0.6) is 5.75 Å². The summed E-state index contributed by atoms with van der Waals surface area (Å²) in [6.45, 7) is -1.76. The van der Waals surface area contributed by atoms with Crippen molar-refractivity contribution in [2.75, 3.05) is 20.1 Å². The number of rotatable bonds is 8. The average molecular weight is 286 g/mol. The van der Waals surface area contributed by atoms with E-state index in [1.54, 1.807) is 19.2 Å².